The average Bonchev–Trinajstić information content (AvgIpc) is 2.44. The molecule has 0 spiro atoms. The number of benzene rings is 1. The minimum atomic E-state index is -0.387. The van der Waals surface area contributed by atoms with Crippen molar-refractivity contribution in [2.24, 2.45) is 0 Å². The number of hydrogen-bond donors (Lipinski definition) is 0. The third-order valence-corrected chi connectivity index (χ3v) is 3.31. The van der Waals surface area contributed by atoms with Crippen molar-refractivity contribution in [2.45, 2.75) is 25.1 Å². The van der Waals surface area contributed by atoms with Crippen molar-refractivity contribution in [1.82, 2.24) is 0 Å². The summed E-state index contributed by atoms with van der Waals surface area (Å²) >= 11 is 3.38. The molecule has 0 unspecified atom stereocenters. The van der Waals surface area contributed by atoms with Crippen LogP contribution in [0.3, 0.4) is 0 Å². The molecule has 1 aromatic rings. The predicted octanol–water partition coefficient (Wildman–Crippen LogP) is 2.86. The summed E-state index contributed by atoms with van der Waals surface area (Å²) in [7, 11) is 1.35. The quantitative estimate of drug-likeness (QED) is 0.595. The Morgan fingerprint density at radius 3 is 2.63 bits per heavy atom. The van der Waals surface area contributed by atoms with Crippen LogP contribution in [0.4, 0.5) is 0 Å². The summed E-state index contributed by atoms with van der Waals surface area (Å²) in [6.45, 7) is 2.13. The lowest BCUT2D eigenvalue weighted by atomic mass is 9.98. The van der Waals surface area contributed by atoms with Gasteiger partial charge in [0.1, 0.15) is 0 Å². The Kier molecular flexibility index (Phi) is 6.56. The van der Waals surface area contributed by atoms with E-state index >= 15 is 0 Å². The van der Waals surface area contributed by atoms with Gasteiger partial charge in [-0.3, -0.25) is 4.79 Å². The molecule has 0 saturated carbocycles. The van der Waals surface area contributed by atoms with Crippen LogP contribution >= 0.6 is 15.9 Å². The fourth-order valence-electron chi connectivity index (χ4n) is 1.82. The molecule has 0 atom stereocenters. The predicted molar refractivity (Wildman–Crippen MR) is 75.4 cm³/mol. The first kappa shape index (κ1) is 15.7. The maximum Gasteiger partial charge on any atom is 0.338 e. The third kappa shape index (κ3) is 4.35. The van der Waals surface area contributed by atoms with E-state index in [1.807, 2.05) is 6.07 Å². The third-order valence-electron chi connectivity index (χ3n) is 2.71. The molecule has 0 aliphatic rings. The fraction of sp³-hybridized carbons (Fsp3) is 0.429. The van der Waals surface area contributed by atoms with E-state index in [1.165, 1.54) is 7.11 Å². The summed E-state index contributed by atoms with van der Waals surface area (Å²) in [5.74, 6) is -0.649. The second-order valence-electron chi connectivity index (χ2n) is 3.87. The fourth-order valence-corrected chi connectivity index (χ4v) is 2.34. The Labute approximate surface area is 121 Å². The van der Waals surface area contributed by atoms with Crippen LogP contribution in [0.5, 0.6) is 0 Å². The Morgan fingerprint density at radius 1 is 1.32 bits per heavy atom. The first-order chi connectivity index (χ1) is 9.13. The molecule has 0 radical (unpaired) electrons. The van der Waals surface area contributed by atoms with E-state index in [4.69, 9.17) is 9.47 Å². The van der Waals surface area contributed by atoms with Crippen LogP contribution in [0.15, 0.2) is 18.2 Å². The van der Waals surface area contributed by atoms with Gasteiger partial charge in [0.15, 0.2) is 0 Å². The molecule has 0 aromatic heterocycles. The summed E-state index contributed by atoms with van der Waals surface area (Å²) < 4.78 is 9.66. The SMILES string of the molecule is CCOC(=O)CCc1c(CBr)cccc1C(=O)OC. The largest absolute Gasteiger partial charge is 0.466 e. The van der Waals surface area contributed by atoms with Crippen LogP contribution in [0, 0.1) is 0 Å². The Morgan fingerprint density at radius 2 is 2.05 bits per heavy atom. The first-order valence-electron chi connectivity index (χ1n) is 6.04. The molecule has 0 heterocycles. The van der Waals surface area contributed by atoms with Crippen molar-refractivity contribution in [3.63, 3.8) is 0 Å². The minimum absolute atomic E-state index is 0.252. The average molecular weight is 329 g/mol. The summed E-state index contributed by atoms with van der Waals surface area (Å²) in [6.07, 6.45) is 0.715. The summed E-state index contributed by atoms with van der Waals surface area (Å²) in [5.41, 5.74) is 2.32. The number of methoxy groups -OCH3 is 1. The second kappa shape index (κ2) is 7.94. The van der Waals surface area contributed by atoms with E-state index < -0.39 is 0 Å². The van der Waals surface area contributed by atoms with E-state index in [-0.39, 0.29) is 18.4 Å². The first-order valence-corrected chi connectivity index (χ1v) is 7.16. The zero-order chi connectivity index (χ0) is 14.3. The molecule has 0 fully saturated rings. The van der Waals surface area contributed by atoms with Gasteiger partial charge in [-0.25, -0.2) is 4.79 Å². The maximum atomic E-state index is 11.7. The van der Waals surface area contributed by atoms with E-state index in [0.717, 1.165) is 11.1 Å². The van der Waals surface area contributed by atoms with Crippen LogP contribution in [-0.2, 0) is 26.0 Å². The van der Waals surface area contributed by atoms with Crippen molar-refractivity contribution < 1.29 is 19.1 Å². The molecule has 1 aromatic carbocycles. The van der Waals surface area contributed by atoms with E-state index in [0.29, 0.717) is 23.9 Å². The van der Waals surface area contributed by atoms with Crippen LogP contribution in [-0.4, -0.2) is 25.7 Å². The van der Waals surface area contributed by atoms with Crippen molar-refractivity contribution in [2.75, 3.05) is 13.7 Å². The van der Waals surface area contributed by atoms with Crippen LogP contribution < -0.4 is 0 Å². The van der Waals surface area contributed by atoms with Gasteiger partial charge in [0.2, 0.25) is 0 Å². The lowest BCUT2D eigenvalue weighted by Crippen LogP contribution is -2.11. The maximum absolute atomic E-state index is 11.7. The number of esters is 2. The van der Waals surface area contributed by atoms with E-state index in [9.17, 15) is 9.59 Å². The lowest BCUT2D eigenvalue weighted by Gasteiger charge is -2.12. The van der Waals surface area contributed by atoms with Gasteiger partial charge >= 0.3 is 11.9 Å². The van der Waals surface area contributed by atoms with Crippen LogP contribution in [0.25, 0.3) is 0 Å². The number of ether oxygens (including phenoxy) is 2. The molecule has 104 valence electrons. The zero-order valence-electron chi connectivity index (χ0n) is 11.1. The molecule has 0 saturated heterocycles. The molecular weight excluding hydrogens is 312 g/mol. The normalized spacial score (nSPS) is 10.1. The molecule has 0 bridgehead atoms. The van der Waals surface area contributed by atoms with Gasteiger partial charge in [-0.05, 0) is 30.5 Å². The highest BCUT2D eigenvalue weighted by Gasteiger charge is 2.16. The Balaban J connectivity index is 2.95. The van der Waals surface area contributed by atoms with Crippen molar-refractivity contribution in [1.29, 1.82) is 0 Å². The van der Waals surface area contributed by atoms with Gasteiger partial charge in [-0.2, -0.15) is 0 Å². The highest BCUT2D eigenvalue weighted by atomic mass is 79.9. The topological polar surface area (TPSA) is 52.6 Å². The van der Waals surface area contributed by atoms with Gasteiger partial charge in [0.05, 0.1) is 19.3 Å². The van der Waals surface area contributed by atoms with Crippen molar-refractivity contribution in [3.8, 4) is 0 Å². The summed E-state index contributed by atoms with van der Waals surface area (Å²) in [5, 5.41) is 0.621. The standard InChI is InChI=1S/C14H17BrO4/c1-3-19-13(16)8-7-11-10(9-15)5-4-6-12(11)14(17)18-2/h4-6H,3,7-9H2,1-2H3. The lowest BCUT2D eigenvalue weighted by molar-refractivity contribution is -0.143. The van der Waals surface area contributed by atoms with Crippen LogP contribution in [0.1, 0.15) is 34.8 Å². The van der Waals surface area contributed by atoms with Crippen molar-refractivity contribution >= 4 is 27.9 Å². The highest BCUT2D eigenvalue weighted by molar-refractivity contribution is 9.08. The summed E-state index contributed by atoms with van der Waals surface area (Å²) in [6, 6.07) is 5.43. The molecular formula is C14H17BrO4. The second-order valence-corrected chi connectivity index (χ2v) is 4.43. The molecule has 0 aliphatic carbocycles. The molecule has 0 aliphatic heterocycles. The number of alkyl halides is 1. The molecule has 5 heteroatoms. The highest BCUT2D eigenvalue weighted by Crippen LogP contribution is 2.20. The van der Waals surface area contributed by atoms with E-state index in [2.05, 4.69) is 15.9 Å². The number of halogens is 1. The number of carbonyl (C=O) groups is 2. The molecule has 1 rings (SSSR count). The smallest absolute Gasteiger partial charge is 0.338 e. The number of hydrogen-bond acceptors (Lipinski definition) is 4. The van der Waals surface area contributed by atoms with Gasteiger partial charge in [0.25, 0.3) is 0 Å². The molecule has 4 nitrogen and oxygen atoms in total. The Bertz CT molecular complexity index is 457. The monoisotopic (exact) mass is 328 g/mol. The number of rotatable bonds is 6. The minimum Gasteiger partial charge on any atom is -0.466 e. The number of carbonyl (C=O) groups excluding carboxylic acids is 2. The van der Waals surface area contributed by atoms with Gasteiger partial charge < -0.3 is 9.47 Å². The van der Waals surface area contributed by atoms with Crippen molar-refractivity contribution in [3.05, 3.63) is 34.9 Å². The van der Waals surface area contributed by atoms with Gasteiger partial charge in [-0.1, -0.05) is 28.1 Å². The zero-order valence-corrected chi connectivity index (χ0v) is 12.7. The van der Waals surface area contributed by atoms with Crippen LogP contribution in [0.2, 0.25) is 0 Å². The van der Waals surface area contributed by atoms with Gasteiger partial charge in [0, 0.05) is 11.8 Å². The molecule has 0 amide bonds. The van der Waals surface area contributed by atoms with Gasteiger partial charge in [-0.15, -0.1) is 0 Å². The van der Waals surface area contributed by atoms with E-state index in [1.54, 1.807) is 19.1 Å². The molecule has 0 N–H and O–H groups in total. The Hall–Kier alpha value is -1.36. The summed E-state index contributed by atoms with van der Waals surface area (Å²) in [4.78, 5) is 23.1. The molecule has 19 heavy (non-hydrogen) atoms.